The number of aromatic nitrogens is 2. The van der Waals surface area contributed by atoms with E-state index >= 15 is 0 Å². The Balaban J connectivity index is 1.70. The van der Waals surface area contributed by atoms with Gasteiger partial charge < -0.3 is 20.5 Å². The van der Waals surface area contributed by atoms with Gasteiger partial charge in [-0.25, -0.2) is 4.98 Å². The van der Waals surface area contributed by atoms with Crippen LogP contribution in [0, 0.1) is 6.92 Å². The lowest BCUT2D eigenvalue weighted by atomic mass is 9.95. The van der Waals surface area contributed by atoms with Gasteiger partial charge >= 0.3 is 0 Å². The molecular formula is C37H52N6O2. The Morgan fingerprint density at radius 2 is 1.78 bits per heavy atom. The third kappa shape index (κ3) is 8.63. The van der Waals surface area contributed by atoms with E-state index in [-0.39, 0.29) is 24.1 Å². The van der Waals surface area contributed by atoms with Gasteiger partial charge in [0.2, 0.25) is 0 Å². The SMILES string of the molecule is CCCc1cc(C)[nH]c(=O)c1CNC(=O)c1cc(-c2ccc(N3CCN(C(C)C)CC3)nc2)cc(NC(C)C)c1/C=C(\C)CC. The third-order valence-electron chi connectivity index (χ3n) is 8.58. The van der Waals surface area contributed by atoms with Crippen molar-refractivity contribution in [2.75, 3.05) is 36.4 Å². The topological polar surface area (TPSA) is 93.4 Å². The number of allylic oxidation sites excluding steroid dienone is 1. The summed E-state index contributed by atoms with van der Waals surface area (Å²) < 4.78 is 0. The Kier molecular flexibility index (Phi) is 11.6. The van der Waals surface area contributed by atoms with Gasteiger partial charge in [0.05, 0.1) is 0 Å². The first kappa shape index (κ1) is 34.0. The predicted octanol–water partition coefficient (Wildman–Crippen LogP) is 6.79. The summed E-state index contributed by atoms with van der Waals surface area (Å²) in [4.78, 5) is 39.5. The van der Waals surface area contributed by atoms with Crippen molar-refractivity contribution in [1.29, 1.82) is 0 Å². The molecule has 1 aliphatic rings. The smallest absolute Gasteiger partial charge is 0.253 e. The highest BCUT2D eigenvalue weighted by atomic mass is 16.1. The predicted molar refractivity (Wildman–Crippen MR) is 188 cm³/mol. The standard InChI is InChI=1S/C37H52N6O2/c1-9-11-28-19-27(8)41-37(45)33(28)23-39-36(44)32-20-30(21-34(40-24(3)4)31(32)18-26(7)10-2)29-12-13-35(38-22-29)43-16-14-42(15-17-43)25(5)6/h12-13,18-22,24-25,40H,9-11,14-17,23H2,1-8H3,(H,39,44)(H,41,45)/b26-18+. The molecule has 1 aromatic carbocycles. The van der Waals surface area contributed by atoms with E-state index in [1.807, 2.05) is 25.3 Å². The summed E-state index contributed by atoms with van der Waals surface area (Å²) >= 11 is 0. The van der Waals surface area contributed by atoms with Crippen LogP contribution in [-0.2, 0) is 13.0 Å². The first-order valence-electron chi connectivity index (χ1n) is 16.6. The lowest BCUT2D eigenvalue weighted by Gasteiger charge is -2.37. The number of hydrogen-bond donors (Lipinski definition) is 3. The largest absolute Gasteiger partial charge is 0.382 e. The molecule has 3 N–H and O–H groups in total. The molecule has 45 heavy (non-hydrogen) atoms. The molecule has 2 aromatic heterocycles. The number of anilines is 2. The van der Waals surface area contributed by atoms with Crippen LogP contribution in [0.25, 0.3) is 17.2 Å². The number of nitrogens with one attached hydrogen (secondary N) is 3. The van der Waals surface area contributed by atoms with E-state index in [9.17, 15) is 9.59 Å². The Bertz CT molecular complexity index is 1550. The van der Waals surface area contributed by atoms with Gasteiger partial charge in [-0.15, -0.1) is 0 Å². The number of carbonyl (C=O) groups is 1. The van der Waals surface area contributed by atoms with Crippen LogP contribution >= 0.6 is 0 Å². The zero-order chi connectivity index (χ0) is 32.7. The minimum atomic E-state index is -0.214. The van der Waals surface area contributed by atoms with Gasteiger partial charge in [-0.2, -0.15) is 0 Å². The Morgan fingerprint density at radius 1 is 1.04 bits per heavy atom. The van der Waals surface area contributed by atoms with Crippen molar-refractivity contribution < 1.29 is 4.79 Å². The molecule has 4 rings (SSSR count). The molecule has 0 unspecified atom stereocenters. The first-order chi connectivity index (χ1) is 21.5. The molecule has 1 amide bonds. The second-order valence-corrected chi connectivity index (χ2v) is 12.9. The summed E-state index contributed by atoms with van der Waals surface area (Å²) in [6, 6.07) is 11.0. The van der Waals surface area contributed by atoms with Gasteiger partial charge in [0.25, 0.3) is 11.5 Å². The van der Waals surface area contributed by atoms with Crippen molar-refractivity contribution in [3.05, 3.63) is 80.4 Å². The number of amides is 1. The first-order valence-corrected chi connectivity index (χ1v) is 16.6. The quantitative estimate of drug-likeness (QED) is 0.209. The van der Waals surface area contributed by atoms with Crippen molar-refractivity contribution in [3.8, 4) is 11.1 Å². The number of benzene rings is 1. The van der Waals surface area contributed by atoms with Gasteiger partial charge in [-0.1, -0.05) is 31.9 Å². The van der Waals surface area contributed by atoms with E-state index in [1.54, 1.807) is 0 Å². The summed E-state index contributed by atoms with van der Waals surface area (Å²) in [6.45, 7) is 21.0. The molecule has 0 atom stereocenters. The van der Waals surface area contributed by atoms with Crippen molar-refractivity contribution in [1.82, 2.24) is 20.2 Å². The molecular weight excluding hydrogens is 560 g/mol. The van der Waals surface area contributed by atoms with E-state index in [0.717, 1.165) is 84.9 Å². The summed E-state index contributed by atoms with van der Waals surface area (Å²) in [5.41, 5.74) is 7.63. The molecule has 0 bridgehead atoms. The normalized spacial score (nSPS) is 14.4. The lowest BCUT2D eigenvalue weighted by molar-refractivity contribution is 0.0950. The minimum Gasteiger partial charge on any atom is -0.382 e. The summed E-state index contributed by atoms with van der Waals surface area (Å²) in [5, 5.41) is 6.67. The average Bonchev–Trinajstić information content (AvgIpc) is 3.01. The third-order valence-corrected chi connectivity index (χ3v) is 8.58. The van der Waals surface area contributed by atoms with Crippen LogP contribution in [0.2, 0.25) is 0 Å². The van der Waals surface area contributed by atoms with E-state index in [0.29, 0.717) is 17.2 Å². The van der Waals surface area contributed by atoms with Crippen molar-refractivity contribution in [2.45, 2.75) is 93.3 Å². The number of piperazine rings is 1. The molecule has 8 heteroatoms. The second kappa shape index (κ2) is 15.4. The Hall–Kier alpha value is -3.91. The number of H-pyrrole nitrogens is 1. The maximum atomic E-state index is 14.0. The number of rotatable bonds is 12. The van der Waals surface area contributed by atoms with Crippen LogP contribution in [0.1, 0.15) is 94.1 Å². The molecule has 0 spiro atoms. The van der Waals surface area contributed by atoms with Crippen LogP contribution in [0.5, 0.6) is 0 Å². The lowest BCUT2D eigenvalue weighted by Crippen LogP contribution is -2.49. The molecule has 8 nitrogen and oxygen atoms in total. The van der Waals surface area contributed by atoms with E-state index in [2.05, 4.69) is 98.2 Å². The molecule has 242 valence electrons. The van der Waals surface area contributed by atoms with Crippen LogP contribution in [0.4, 0.5) is 11.5 Å². The molecule has 3 heterocycles. The maximum Gasteiger partial charge on any atom is 0.253 e. The number of nitrogens with zero attached hydrogens (tertiary/aromatic N) is 3. The van der Waals surface area contributed by atoms with Crippen LogP contribution in [0.15, 0.2) is 46.9 Å². The van der Waals surface area contributed by atoms with Gasteiger partial charge in [0.1, 0.15) is 5.82 Å². The van der Waals surface area contributed by atoms with Crippen molar-refractivity contribution in [2.24, 2.45) is 0 Å². The molecule has 1 saturated heterocycles. The highest BCUT2D eigenvalue weighted by molar-refractivity contribution is 6.01. The minimum absolute atomic E-state index is 0.145. The van der Waals surface area contributed by atoms with Gasteiger partial charge in [0, 0.05) is 84.6 Å². The fourth-order valence-electron chi connectivity index (χ4n) is 5.89. The molecule has 0 aliphatic carbocycles. The Morgan fingerprint density at radius 3 is 2.38 bits per heavy atom. The highest BCUT2D eigenvalue weighted by Crippen LogP contribution is 2.32. The Labute approximate surface area is 269 Å². The van der Waals surface area contributed by atoms with Gasteiger partial charge in [-0.05, 0) is 95.8 Å². The zero-order valence-electron chi connectivity index (χ0n) is 28.5. The van der Waals surface area contributed by atoms with Crippen LogP contribution in [-0.4, -0.2) is 59.0 Å². The number of aromatic amines is 1. The number of carbonyl (C=O) groups excluding carboxylic acids is 1. The summed E-state index contributed by atoms with van der Waals surface area (Å²) in [7, 11) is 0. The van der Waals surface area contributed by atoms with Crippen LogP contribution < -0.4 is 21.1 Å². The zero-order valence-corrected chi connectivity index (χ0v) is 28.5. The van der Waals surface area contributed by atoms with Crippen molar-refractivity contribution >= 4 is 23.5 Å². The van der Waals surface area contributed by atoms with E-state index in [1.165, 1.54) is 5.57 Å². The monoisotopic (exact) mass is 612 g/mol. The second-order valence-electron chi connectivity index (χ2n) is 12.9. The van der Waals surface area contributed by atoms with E-state index < -0.39 is 0 Å². The van der Waals surface area contributed by atoms with Gasteiger partial charge in [-0.3, -0.25) is 14.5 Å². The fourth-order valence-corrected chi connectivity index (χ4v) is 5.89. The summed E-state index contributed by atoms with van der Waals surface area (Å²) in [6.07, 6.45) is 6.59. The molecule has 0 radical (unpaired) electrons. The van der Waals surface area contributed by atoms with Crippen LogP contribution in [0.3, 0.4) is 0 Å². The molecule has 1 fully saturated rings. The molecule has 0 saturated carbocycles. The van der Waals surface area contributed by atoms with Crippen molar-refractivity contribution in [3.63, 3.8) is 0 Å². The average molecular weight is 613 g/mol. The van der Waals surface area contributed by atoms with Gasteiger partial charge in [0.15, 0.2) is 0 Å². The number of aryl methyl sites for hydroxylation is 2. The highest BCUT2D eigenvalue weighted by Gasteiger charge is 2.21. The molecule has 1 aliphatic heterocycles. The number of pyridine rings is 2. The fraction of sp³-hybridized carbons (Fsp3) is 0.486. The maximum absolute atomic E-state index is 14.0. The number of hydrogen-bond acceptors (Lipinski definition) is 6. The molecule has 3 aromatic rings. The van der Waals surface area contributed by atoms with E-state index in [4.69, 9.17) is 4.98 Å². The summed E-state index contributed by atoms with van der Waals surface area (Å²) in [5.74, 6) is 0.763.